The molecule has 0 saturated carbocycles. The summed E-state index contributed by atoms with van der Waals surface area (Å²) in [4.78, 5) is 13.7. The second-order valence-electron chi connectivity index (χ2n) is 5.80. The Morgan fingerprint density at radius 2 is 1.75 bits per heavy atom. The Labute approximate surface area is 121 Å². The molecule has 0 aliphatic carbocycles. The Hall–Kier alpha value is -1.55. The smallest absolute Gasteiger partial charge is 0.208 e. The van der Waals surface area contributed by atoms with Crippen molar-refractivity contribution in [2.45, 2.75) is 33.1 Å². The van der Waals surface area contributed by atoms with Crippen molar-refractivity contribution in [3.05, 3.63) is 56.8 Å². The molecule has 0 unspecified atom stereocenters. The number of ketones is 1. The standard InChI is InChI=1S/C16H16F2OS/c1-9-5-6-10(17)13(14(9)18)15(19)11-7-8-12(20-11)16(2,3)4/h5-8H,1-4H3. The van der Waals surface area contributed by atoms with Gasteiger partial charge < -0.3 is 0 Å². The molecular weight excluding hydrogens is 278 g/mol. The zero-order valence-electron chi connectivity index (χ0n) is 11.9. The molecule has 1 heterocycles. The van der Waals surface area contributed by atoms with E-state index >= 15 is 0 Å². The van der Waals surface area contributed by atoms with Crippen molar-refractivity contribution in [3.8, 4) is 0 Å². The average molecular weight is 294 g/mol. The van der Waals surface area contributed by atoms with Crippen LogP contribution in [0.3, 0.4) is 0 Å². The van der Waals surface area contributed by atoms with Crippen molar-refractivity contribution in [3.63, 3.8) is 0 Å². The van der Waals surface area contributed by atoms with Crippen LogP contribution in [0.4, 0.5) is 8.78 Å². The Bertz CT molecular complexity index is 666. The van der Waals surface area contributed by atoms with Crippen LogP contribution in [0.15, 0.2) is 24.3 Å². The lowest BCUT2D eigenvalue weighted by Crippen LogP contribution is -2.09. The Morgan fingerprint density at radius 3 is 2.30 bits per heavy atom. The van der Waals surface area contributed by atoms with Crippen molar-refractivity contribution in [1.82, 2.24) is 0 Å². The number of benzene rings is 1. The van der Waals surface area contributed by atoms with E-state index in [9.17, 15) is 13.6 Å². The fourth-order valence-electron chi connectivity index (χ4n) is 1.85. The van der Waals surface area contributed by atoms with Gasteiger partial charge in [0.05, 0.1) is 10.4 Å². The molecule has 4 heteroatoms. The van der Waals surface area contributed by atoms with Crippen LogP contribution in [0.1, 0.15) is 46.4 Å². The lowest BCUT2D eigenvalue weighted by Gasteiger charge is -2.15. The fourth-order valence-corrected chi connectivity index (χ4v) is 2.86. The molecule has 1 nitrogen and oxygen atoms in total. The first-order valence-corrected chi connectivity index (χ1v) is 7.13. The Kier molecular flexibility index (Phi) is 3.78. The molecule has 1 aromatic carbocycles. The third-order valence-corrected chi connectivity index (χ3v) is 4.59. The van der Waals surface area contributed by atoms with Gasteiger partial charge in [-0.2, -0.15) is 0 Å². The number of halogens is 2. The summed E-state index contributed by atoms with van der Waals surface area (Å²) >= 11 is 1.28. The van der Waals surface area contributed by atoms with Gasteiger partial charge in [0.15, 0.2) is 0 Å². The maximum atomic E-state index is 14.0. The first-order chi connectivity index (χ1) is 9.21. The summed E-state index contributed by atoms with van der Waals surface area (Å²) in [5.74, 6) is -2.19. The van der Waals surface area contributed by atoms with E-state index < -0.39 is 23.0 Å². The van der Waals surface area contributed by atoms with Crippen molar-refractivity contribution in [1.29, 1.82) is 0 Å². The molecule has 0 saturated heterocycles. The lowest BCUT2D eigenvalue weighted by molar-refractivity contribution is 0.103. The SMILES string of the molecule is Cc1ccc(F)c(C(=O)c2ccc(C(C)(C)C)s2)c1F. The van der Waals surface area contributed by atoms with Crippen molar-refractivity contribution in [2.24, 2.45) is 0 Å². The van der Waals surface area contributed by atoms with Gasteiger partial charge in [0.25, 0.3) is 0 Å². The van der Waals surface area contributed by atoms with E-state index in [4.69, 9.17) is 0 Å². The highest BCUT2D eigenvalue weighted by Crippen LogP contribution is 2.31. The molecular formula is C16H16F2OS. The zero-order valence-corrected chi connectivity index (χ0v) is 12.7. The minimum Gasteiger partial charge on any atom is -0.287 e. The predicted octanol–water partition coefficient (Wildman–Crippen LogP) is 4.86. The van der Waals surface area contributed by atoms with E-state index in [1.165, 1.54) is 24.3 Å². The molecule has 0 fully saturated rings. The van der Waals surface area contributed by atoms with Gasteiger partial charge in [-0.25, -0.2) is 8.78 Å². The third kappa shape index (κ3) is 2.66. The number of carbonyl (C=O) groups excluding carboxylic acids is 1. The second kappa shape index (κ2) is 5.09. The summed E-state index contributed by atoms with van der Waals surface area (Å²) in [6.07, 6.45) is 0. The van der Waals surface area contributed by atoms with Gasteiger partial charge in [-0.1, -0.05) is 26.8 Å². The van der Waals surface area contributed by atoms with E-state index in [2.05, 4.69) is 0 Å². The molecule has 2 rings (SSSR count). The molecule has 2 aromatic rings. The summed E-state index contributed by atoms with van der Waals surface area (Å²) in [6.45, 7) is 7.60. The zero-order chi connectivity index (χ0) is 15.1. The van der Waals surface area contributed by atoms with Gasteiger partial charge in [0.2, 0.25) is 5.78 Å². The Morgan fingerprint density at radius 1 is 1.10 bits per heavy atom. The van der Waals surface area contributed by atoms with Gasteiger partial charge in [0.1, 0.15) is 11.6 Å². The van der Waals surface area contributed by atoms with Crippen LogP contribution < -0.4 is 0 Å². The fraction of sp³-hybridized carbons (Fsp3) is 0.312. The first-order valence-electron chi connectivity index (χ1n) is 6.31. The minimum atomic E-state index is -0.816. The van der Waals surface area contributed by atoms with Crippen LogP contribution in [0.2, 0.25) is 0 Å². The molecule has 0 bridgehead atoms. The van der Waals surface area contributed by atoms with Crippen molar-refractivity contribution in [2.75, 3.05) is 0 Å². The van der Waals surface area contributed by atoms with Crippen LogP contribution >= 0.6 is 11.3 Å². The van der Waals surface area contributed by atoms with Gasteiger partial charge >= 0.3 is 0 Å². The normalized spacial score (nSPS) is 11.7. The second-order valence-corrected chi connectivity index (χ2v) is 6.88. The molecule has 1 aromatic heterocycles. The van der Waals surface area contributed by atoms with Crippen molar-refractivity contribution >= 4 is 17.1 Å². The van der Waals surface area contributed by atoms with E-state index in [1.54, 1.807) is 6.07 Å². The molecule has 0 N–H and O–H groups in total. The Balaban J connectivity index is 2.48. The molecule has 20 heavy (non-hydrogen) atoms. The molecule has 0 aliphatic heterocycles. The predicted molar refractivity (Wildman–Crippen MR) is 77.5 cm³/mol. The number of hydrogen-bond donors (Lipinski definition) is 0. The summed E-state index contributed by atoms with van der Waals surface area (Å²) in [5, 5.41) is 0. The van der Waals surface area contributed by atoms with Gasteiger partial charge in [-0.05, 0) is 36.1 Å². The first kappa shape index (κ1) is 14.9. The number of rotatable bonds is 2. The highest BCUT2D eigenvalue weighted by Gasteiger charge is 2.24. The third-order valence-electron chi connectivity index (χ3n) is 3.08. The van der Waals surface area contributed by atoms with Crippen molar-refractivity contribution < 1.29 is 13.6 Å². The van der Waals surface area contributed by atoms with Crippen LogP contribution in [0, 0.1) is 18.6 Å². The topological polar surface area (TPSA) is 17.1 Å². The molecule has 0 atom stereocenters. The van der Waals surface area contributed by atoms with Crippen LogP contribution in [-0.4, -0.2) is 5.78 Å². The summed E-state index contributed by atoms with van der Waals surface area (Å²) in [6, 6.07) is 5.93. The van der Waals surface area contributed by atoms with Crippen LogP contribution in [0.25, 0.3) is 0 Å². The number of carbonyl (C=O) groups is 1. The molecule has 106 valence electrons. The largest absolute Gasteiger partial charge is 0.287 e. The average Bonchev–Trinajstić information content (AvgIpc) is 2.83. The molecule has 0 aliphatic rings. The maximum Gasteiger partial charge on any atom is 0.208 e. The summed E-state index contributed by atoms with van der Waals surface area (Å²) in [5.41, 5.74) is -0.290. The number of hydrogen-bond acceptors (Lipinski definition) is 2. The summed E-state index contributed by atoms with van der Waals surface area (Å²) < 4.78 is 27.7. The molecule has 0 spiro atoms. The van der Waals surface area contributed by atoms with Gasteiger partial charge in [-0.15, -0.1) is 11.3 Å². The monoisotopic (exact) mass is 294 g/mol. The van der Waals surface area contributed by atoms with E-state index in [0.717, 1.165) is 10.9 Å². The highest BCUT2D eigenvalue weighted by molar-refractivity contribution is 7.14. The van der Waals surface area contributed by atoms with E-state index in [1.807, 2.05) is 26.8 Å². The molecule has 0 radical (unpaired) electrons. The van der Waals surface area contributed by atoms with Crippen LogP contribution in [0.5, 0.6) is 0 Å². The van der Waals surface area contributed by atoms with Gasteiger partial charge in [0, 0.05) is 4.88 Å². The minimum absolute atomic E-state index is 0.0904. The lowest BCUT2D eigenvalue weighted by atomic mass is 9.95. The molecule has 0 amide bonds. The van der Waals surface area contributed by atoms with E-state index in [0.29, 0.717) is 4.88 Å². The van der Waals surface area contributed by atoms with Crippen LogP contribution in [-0.2, 0) is 5.41 Å². The van der Waals surface area contributed by atoms with E-state index in [-0.39, 0.29) is 11.0 Å². The highest BCUT2D eigenvalue weighted by atomic mass is 32.1. The summed E-state index contributed by atoms with van der Waals surface area (Å²) in [7, 11) is 0. The number of thiophene rings is 1. The quantitative estimate of drug-likeness (QED) is 0.723. The maximum absolute atomic E-state index is 14.0. The number of aryl methyl sites for hydroxylation is 1. The van der Waals surface area contributed by atoms with Gasteiger partial charge in [-0.3, -0.25) is 4.79 Å².